The Bertz CT molecular complexity index is 771. The van der Waals surface area contributed by atoms with Crippen molar-refractivity contribution in [3.05, 3.63) is 36.0 Å². The molecule has 22 heavy (non-hydrogen) atoms. The van der Waals surface area contributed by atoms with E-state index in [1.807, 2.05) is 35.2 Å². The smallest absolute Gasteiger partial charge is 0.179 e. The lowest BCUT2D eigenvalue weighted by atomic mass is 10.1. The molecule has 110 valence electrons. The quantitative estimate of drug-likeness (QED) is 0.880. The average molecular weight is 291 g/mol. The van der Waals surface area contributed by atoms with Crippen LogP contribution >= 0.6 is 0 Å². The van der Waals surface area contributed by atoms with Crippen molar-refractivity contribution < 1.29 is 0 Å². The first-order chi connectivity index (χ1) is 10.7. The van der Waals surface area contributed by atoms with Crippen LogP contribution in [0.1, 0.15) is 25.5 Å². The van der Waals surface area contributed by atoms with E-state index in [0.717, 1.165) is 30.2 Å². The van der Waals surface area contributed by atoms with Crippen LogP contribution in [0.3, 0.4) is 0 Å². The van der Waals surface area contributed by atoms with E-state index in [1.165, 1.54) is 0 Å². The number of rotatable bonds is 3. The van der Waals surface area contributed by atoms with Gasteiger partial charge in [0.25, 0.3) is 0 Å². The average Bonchev–Trinajstić information content (AvgIpc) is 3.02. The van der Waals surface area contributed by atoms with Gasteiger partial charge in [0.1, 0.15) is 11.9 Å². The highest BCUT2D eigenvalue weighted by Gasteiger charge is 2.28. The van der Waals surface area contributed by atoms with Crippen molar-refractivity contribution in [2.24, 2.45) is 0 Å². The number of nitrogens with zero attached hydrogens (tertiary/aromatic N) is 4. The lowest BCUT2D eigenvalue weighted by molar-refractivity contribution is 0.336. The number of aromatic nitrogens is 1. The van der Waals surface area contributed by atoms with Crippen molar-refractivity contribution in [3.63, 3.8) is 0 Å². The van der Waals surface area contributed by atoms with Gasteiger partial charge in [0.15, 0.2) is 11.9 Å². The molecule has 1 fully saturated rings. The fourth-order valence-corrected chi connectivity index (χ4v) is 3.12. The van der Waals surface area contributed by atoms with Gasteiger partial charge in [-0.3, -0.25) is 0 Å². The molecule has 1 saturated heterocycles. The first-order valence-electron chi connectivity index (χ1n) is 7.45. The van der Waals surface area contributed by atoms with Crippen LogP contribution in [0.2, 0.25) is 0 Å². The van der Waals surface area contributed by atoms with Gasteiger partial charge in [-0.25, -0.2) is 4.98 Å². The number of likely N-dealkylation sites (tertiary alicyclic amines) is 1. The van der Waals surface area contributed by atoms with Gasteiger partial charge in [-0.1, -0.05) is 24.3 Å². The molecule has 2 unspecified atom stereocenters. The van der Waals surface area contributed by atoms with E-state index >= 15 is 0 Å². The number of hydrogen-bond acceptors (Lipinski definition) is 5. The highest BCUT2D eigenvalue weighted by Crippen LogP contribution is 2.24. The molecule has 5 heteroatoms. The second kappa shape index (κ2) is 5.91. The van der Waals surface area contributed by atoms with E-state index in [4.69, 9.17) is 5.26 Å². The Labute approximate surface area is 129 Å². The number of fused-ring (bicyclic) bond motifs is 1. The molecule has 1 aromatic carbocycles. The molecule has 0 radical (unpaired) electrons. The van der Waals surface area contributed by atoms with E-state index in [0.29, 0.717) is 11.5 Å². The minimum absolute atomic E-state index is 0.0994. The molecule has 1 aliphatic rings. The zero-order valence-electron chi connectivity index (χ0n) is 12.5. The van der Waals surface area contributed by atoms with E-state index in [-0.39, 0.29) is 12.1 Å². The fourth-order valence-electron chi connectivity index (χ4n) is 3.12. The van der Waals surface area contributed by atoms with Crippen molar-refractivity contribution in [2.45, 2.75) is 31.8 Å². The van der Waals surface area contributed by atoms with Gasteiger partial charge in [-0.05, 0) is 31.2 Å². The summed E-state index contributed by atoms with van der Waals surface area (Å²) in [6, 6.07) is 12.1. The number of nitrogens with one attached hydrogen (secondary N) is 1. The largest absolute Gasteiger partial charge is 0.365 e. The minimum atomic E-state index is 0.0994. The third-order valence-corrected chi connectivity index (χ3v) is 4.23. The zero-order chi connectivity index (χ0) is 15.5. The first-order valence-corrected chi connectivity index (χ1v) is 7.45. The lowest BCUT2D eigenvalue weighted by Crippen LogP contribution is -2.39. The Morgan fingerprint density at radius 3 is 2.95 bits per heavy atom. The molecule has 2 heterocycles. The Hall–Kier alpha value is -2.79. The van der Waals surface area contributed by atoms with Gasteiger partial charge in [-0.15, -0.1) is 0 Å². The van der Waals surface area contributed by atoms with Crippen LogP contribution in [-0.4, -0.2) is 28.5 Å². The third-order valence-electron chi connectivity index (χ3n) is 4.23. The summed E-state index contributed by atoms with van der Waals surface area (Å²) in [5.74, 6) is 0.688. The molecular weight excluding hydrogens is 274 g/mol. The van der Waals surface area contributed by atoms with Crippen molar-refractivity contribution >= 4 is 16.6 Å². The standard InChI is InChI=1S/C17H17N5/c1-12(16-7-4-8-22(16)11-19)20-17-9-13-5-2-3-6-14(13)15(10-18)21-17/h2-3,5-6,9,12,16H,4,7-8H2,1H3,(H,20,21). The summed E-state index contributed by atoms with van der Waals surface area (Å²) in [6.07, 6.45) is 4.29. The van der Waals surface area contributed by atoms with Gasteiger partial charge < -0.3 is 10.2 Å². The monoisotopic (exact) mass is 291 g/mol. The molecule has 2 aromatic rings. The Morgan fingerprint density at radius 2 is 2.18 bits per heavy atom. The zero-order valence-corrected chi connectivity index (χ0v) is 12.5. The Balaban J connectivity index is 1.88. The fraction of sp³-hybridized carbons (Fsp3) is 0.353. The molecule has 2 atom stereocenters. The predicted molar refractivity (Wildman–Crippen MR) is 84.9 cm³/mol. The highest BCUT2D eigenvalue weighted by molar-refractivity contribution is 5.88. The number of anilines is 1. The van der Waals surface area contributed by atoms with Gasteiger partial charge in [0, 0.05) is 18.0 Å². The van der Waals surface area contributed by atoms with Gasteiger partial charge in [-0.2, -0.15) is 10.5 Å². The topological polar surface area (TPSA) is 75.7 Å². The number of nitriles is 2. The summed E-state index contributed by atoms with van der Waals surface area (Å²) in [6.45, 7) is 2.88. The van der Waals surface area contributed by atoms with Crippen LogP contribution in [0, 0.1) is 22.8 Å². The van der Waals surface area contributed by atoms with Gasteiger partial charge in [0.2, 0.25) is 0 Å². The second-order valence-corrected chi connectivity index (χ2v) is 5.63. The molecule has 0 bridgehead atoms. The van der Waals surface area contributed by atoms with Crippen LogP contribution in [0.4, 0.5) is 5.82 Å². The maximum absolute atomic E-state index is 9.29. The maximum atomic E-state index is 9.29. The molecule has 3 rings (SSSR count). The maximum Gasteiger partial charge on any atom is 0.179 e. The first kappa shape index (κ1) is 14.2. The number of pyridine rings is 1. The van der Waals surface area contributed by atoms with Gasteiger partial charge >= 0.3 is 0 Å². The normalized spacial score (nSPS) is 18.7. The highest BCUT2D eigenvalue weighted by atomic mass is 15.2. The molecule has 0 saturated carbocycles. The molecule has 0 aliphatic carbocycles. The van der Waals surface area contributed by atoms with Crippen LogP contribution in [0.15, 0.2) is 30.3 Å². The summed E-state index contributed by atoms with van der Waals surface area (Å²) in [5.41, 5.74) is 0.427. The molecule has 1 aromatic heterocycles. The van der Waals surface area contributed by atoms with Crippen molar-refractivity contribution in [3.8, 4) is 12.3 Å². The van der Waals surface area contributed by atoms with Crippen LogP contribution in [0.25, 0.3) is 10.8 Å². The summed E-state index contributed by atoms with van der Waals surface area (Å²) in [5, 5.41) is 23.7. The van der Waals surface area contributed by atoms with E-state index in [1.54, 1.807) is 0 Å². The lowest BCUT2D eigenvalue weighted by Gasteiger charge is -2.26. The van der Waals surface area contributed by atoms with Crippen molar-refractivity contribution in [2.75, 3.05) is 11.9 Å². The Morgan fingerprint density at radius 1 is 1.36 bits per heavy atom. The molecule has 0 amide bonds. The van der Waals surface area contributed by atoms with E-state index < -0.39 is 0 Å². The molecule has 5 nitrogen and oxygen atoms in total. The molecule has 0 spiro atoms. The molecule has 1 aliphatic heterocycles. The third kappa shape index (κ3) is 2.54. The Kier molecular flexibility index (Phi) is 3.80. The van der Waals surface area contributed by atoms with E-state index in [2.05, 4.69) is 29.5 Å². The van der Waals surface area contributed by atoms with Crippen LogP contribution < -0.4 is 5.32 Å². The predicted octanol–water partition coefficient (Wildman–Crippen LogP) is 2.85. The number of hydrogen-bond donors (Lipinski definition) is 1. The second-order valence-electron chi connectivity index (χ2n) is 5.63. The minimum Gasteiger partial charge on any atom is -0.365 e. The molecule has 1 N–H and O–H groups in total. The van der Waals surface area contributed by atoms with Crippen molar-refractivity contribution in [1.82, 2.24) is 9.88 Å². The summed E-state index contributed by atoms with van der Waals surface area (Å²) in [4.78, 5) is 6.23. The summed E-state index contributed by atoms with van der Waals surface area (Å²) < 4.78 is 0. The molecular formula is C17H17N5. The SMILES string of the molecule is CC(Nc1cc2ccccc2c(C#N)n1)C1CCCN1C#N. The number of benzene rings is 1. The van der Waals surface area contributed by atoms with Gasteiger partial charge in [0.05, 0.1) is 6.04 Å². The summed E-state index contributed by atoms with van der Waals surface area (Å²) >= 11 is 0. The van der Waals surface area contributed by atoms with Crippen LogP contribution in [-0.2, 0) is 0 Å². The summed E-state index contributed by atoms with van der Waals surface area (Å²) in [7, 11) is 0. The van der Waals surface area contributed by atoms with Crippen LogP contribution in [0.5, 0.6) is 0 Å². The van der Waals surface area contributed by atoms with Crippen molar-refractivity contribution in [1.29, 1.82) is 10.5 Å². The van der Waals surface area contributed by atoms with E-state index in [9.17, 15) is 5.26 Å².